The molecule has 0 spiro atoms. The van der Waals surface area contributed by atoms with Crippen LogP contribution in [0.4, 0.5) is 0 Å². The Morgan fingerprint density at radius 1 is 1.44 bits per heavy atom. The third-order valence-corrected chi connectivity index (χ3v) is 3.50. The lowest BCUT2D eigenvalue weighted by atomic mass is 10.0. The predicted octanol–water partition coefficient (Wildman–Crippen LogP) is 2.27. The number of halogens is 1. The maximum absolute atomic E-state index is 6.20. The smallest absolute Gasteiger partial charge is 0.0522 e. The van der Waals surface area contributed by atoms with Crippen molar-refractivity contribution in [1.29, 1.82) is 0 Å². The second kappa shape index (κ2) is 4.97. The van der Waals surface area contributed by atoms with Crippen molar-refractivity contribution >= 4 is 22.6 Å². The highest BCUT2D eigenvalue weighted by Crippen LogP contribution is 2.20. The summed E-state index contributed by atoms with van der Waals surface area (Å²) in [6.45, 7) is 0. The lowest BCUT2D eigenvalue weighted by Crippen LogP contribution is -2.14. The molecule has 0 aliphatic heterocycles. The standard InChI is InChI=1S/C12H14IN3/c1-16-8-9(7-15-16)6-12(14)10-4-2-3-5-11(10)13/h2-5,7-8,12H,6,14H2,1H3. The van der Waals surface area contributed by atoms with E-state index in [0.717, 1.165) is 6.42 Å². The van der Waals surface area contributed by atoms with Gasteiger partial charge in [-0.3, -0.25) is 4.68 Å². The normalized spacial score (nSPS) is 12.7. The number of rotatable bonds is 3. The highest BCUT2D eigenvalue weighted by atomic mass is 127. The van der Waals surface area contributed by atoms with E-state index in [1.54, 1.807) is 4.68 Å². The van der Waals surface area contributed by atoms with Crippen LogP contribution in [-0.2, 0) is 13.5 Å². The molecule has 2 rings (SSSR count). The molecule has 3 nitrogen and oxygen atoms in total. The number of aryl methyl sites for hydroxylation is 1. The minimum Gasteiger partial charge on any atom is -0.324 e. The lowest BCUT2D eigenvalue weighted by Gasteiger charge is -2.12. The summed E-state index contributed by atoms with van der Waals surface area (Å²) in [4.78, 5) is 0. The molecule has 1 unspecified atom stereocenters. The number of nitrogens with two attached hydrogens (primary N) is 1. The second-order valence-corrected chi connectivity index (χ2v) is 5.02. The van der Waals surface area contributed by atoms with Gasteiger partial charge in [0.05, 0.1) is 6.20 Å². The zero-order valence-electron chi connectivity index (χ0n) is 9.10. The molecular formula is C12H14IN3. The molecule has 1 atom stereocenters. The molecule has 0 amide bonds. The summed E-state index contributed by atoms with van der Waals surface area (Å²) >= 11 is 2.32. The molecule has 0 fully saturated rings. The third-order valence-electron chi connectivity index (χ3n) is 2.52. The lowest BCUT2D eigenvalue weighted by molar-refractivity contribution is 0.715. The zero-order chi connectivity index (χ0) is 11.5. The molecule has 1 aromatic heterocycles. The maximum atomic E-state index is 6.20. The van der Waals surface area contributed by atoms with Gasteiger partial charge in [-0.15, -0.1) is 0 Å². The van der Waals surface area contributed by atoms with Gasteiger partial charge in [0.2, 0.25) is 0 Å². The Balaban J connectivity index is 2.14. The van der Waals surface area contributed by atoms with Crippen molar-refractivity contribution < 1.29 is 0 Å². The summed E-state index contributed by atoms with van der Waals surface area (Å²) in [5.74, 6) is 0. The van der Waals surface area contributed by atoms with E-state index >= 15 is 0 Å². The van der Waals surface area contributed by atoms with E-state index < -0.39 is 0 Å². The summed E-state index contributed by atoms with van der Waals surface area (Å²) in [6, 6.07) is 8.27. The van der Waals surface area contributed by atoms with Gasteiger partial charge in [-0.2, -0.15) is 5.10 Å². The van der Waals surface area contributed by atoms with Gasteiger partial charge in [0.25, 0.3) is 0 Å². The van der Waals surface area contributed by atoms with Crippen molar-refractivity contribution in [3.8, 4) is 0 Å². The molecule has 2 N–H and O–H groups in total. The van der Waals surface area contributed by atoms with E-state index in [0.29, 0.717) is 0 Å². The fourth-order valence-electron chi connectivity index (χ4n) is 1.72. The molecule has 2 aromatic rings. The molecule has 16 heavy (non-hydrogen) atoms. The van der Waals surface area contributed by atoms with Gasteiger partial charge in [0, 0.05) is 22.9 Å². The van der Waals surface area contributed by atoms with Crippen LogP contribution in [0.2, 0.25) is 0 Å². The van der Waals surface area contributed by atoms with Crippen molar-refractivity contribution in [2.24, 2.45) is 12.8 Å². The number of nitrogens with zero attached hydrogens (tertiary/aromatic N) is 2. The molecular weight excluding hydrogens is 313 g/mol. The first-order valence-electron chi connectivity index (χ1n) is 5.14. The van der Waals surface area contributed by atoms with Gasteiger partial charge >= 0.3 is 0 Å². The van der Waals surface area contributed by atoms with Gasteiger partial charge in [-0.1, -0.05) is 18.2 Å². The Morgan fingerprint density at radius 3 is 2.81 bits per heavy atom. The average molecular weight is 327 g/mol. The van der Waals surface area contributed by atoms with Crippen LogP contribution < -0.4 is 5.73 Å². The van der Waals surface area contributed by atoms with Crippen LogP contribution in [0.15, 0.2) is 36.7 Å². The molecule has 0 saturated carbocycles. The van der Waals surface area contributed by atoms with Crippen molar-refractivity contribution in [3.05, 3.63) is 51.4 Å². The van der Waals surface area contributed by atoms with Crippen LogP contribution in [0.3, 0.4) is 0 Å². The molecule has 0 aliphatic carbocycles. The van der Waals surface area contributed by atoms with E-state index in [1.165, 1.54) is 14.7 Å². The Kier molecular flexibility index (Phi) is 3.60. The van der Waals surface area contributed by atoms with E-state index in [4.69, 9.17) is 5.73 Å². The summed E-state index contributed by atoms with van der Waals surface area (Å²) in [6.07, 6.45) is 4.71. The highest BCUT2D eigenvalue weighted by Gasteiger charge is 2.10. The number of benzene rings is 1. The van der Waals surface area contributed by atoms with Crippen LogP contribution in [0, 0.1) is 3.57 Å². The number of hydrogen-bond donors (Lipinski definition) is 1. The first-order chi connectivity index (χ1) is 7.66. The predicted molar refractivity (Wildman–Crippen MR) is 73.0 cm³/mol. The van der Waals surface area contributed by atoms with Crippen LogP contribution in [0.5, 0.6) is 0 Å². The average Bonchev–Trinajstić information content (AvgIpc) is 2.64. The van der Waals surface area contributed by atoms with E-state index in [1.807, 2.05) is 31.6 Å². The van der Waals surface area contributed by atoms with Crippen LogP contribution in [0.1, 0.15) is 17.2 Å². The van der Waals surface area contributed by atoms with Gasteiger partial charge in [-0.25, -0.2) is 0 Å². The largest absolute Gasteiger partial charge is 0.324 e. The summed E-state index contributed by atoms with van der Waals surface area (Å²) < 4.78 is 3.02. The van der Waals surface area contributed by atoms with Gasteiger partial charge < -0.3 is 5.73 Å². The maximum Gasteiger partial charge on any atom is 0.0522 e. The quantitative estimate of drug-likeness (QED) is 0.879. The van der Waals surface area contributed by atoms with Crippen molar-refractivity contribution in [3.63, 3.8) is 0 Å². The molecule has 0 saturated heterocycles. The fraction of sp³-hybridized carbons (Fsp3) is 0.250. The Labute approximate surface area is 109 Å². The Bertz CT molecular complexity index is 479. The molecule has 0 bridgehead atoms. The SMILES string of the molecule is Cn1cc(CC(N)c2ccccc2I)cn1. The monoisotopic (exact) mass is 327 g/mol. The molecule has 1 heterocycles. The summed E-state index contributed by atoms with van der Waals surface area (Å²) in [5, 5.41) is 4.15. The third kappa shape index (κ3) is 2.62. The van der Waals surface area contributed by atoms with Gasteiger partial charge in [-0.05, 0) is 46.2 Å². The first kappa shape index (κ1) is 11.6. The molecule has 4 heteroatoms. The van der Waals surface area contributed by atoms with E-state index in [-0.39, 0.29) is 6.04 Å². The topological polar surface area (TPSA) is 43.8 Å². The Hall–Kier alpha value is -0.880. The number of aromatic nitrogens is 2. The van der Waals surface area contributed by atoms with Crippen LogP contribution in [-0.4, -0.2) is 9.78 Å². The minimum absolute atomic E-state index is 0.0392. The molecule has 0 radical (unpaired) electrons. The van der Waals surface area contributed by atoms with Crippen LogP contribution in [0.25, 0.3) is 0 Å². The van der Waals surface area contributed by atoms with E-state index in [2.05, 4.69) is 39.8 Å². The van der Waals surface area contributed by atoms with E-state index in [9.17, 15) is 0 Å². The molecule has 0 aliphatic rings. The van der Waals surface area contributed by atoms with Crippen molar-refractivity contribution in [2.45, 2.75) is 12.5 Å². The molecule has 1 aromatic carbocycles. The second-order valence-electron chi connectivity index (χ2n) is 3.85. The van der Waals surface area contributed by atoms with Gasteiger partial charge in [0.1, 0.15) is 0 Å². The minimum atomic E-state index is 0.0392. The number of hydrogen-bond acceptors (Lipinski definition) is 2. The highest BCUT2D eigenvalue weighted by molar-refractivity contribution is 14.1. The van der Waals surface area contributed by atoms with Crippen molar-refractivity contribution in [1.82, 2.24) is 9.78 Å². The van der Waals surface area contributed by atoms with Crippen LogP contribution >= 0.6 is 22.6 Å². The molecule has 84 valence electrons. The summed E-state index contributed by atoms with van der Waals surface area (Å²) in [7, 11) is 1.92. The Morgan fingerprint density at radius 2 is 2.19 bits per heavy atom. The fourth-order valence-corrected chi connectivity index (χ4v) is 2.50. The summed E-state index contributed by atoms with van der Waals surface area (Å²) in [5.41, 5.74) is 8.57. The van der Waals surface area contributed by atoms with Crippen molar-refractivity contribution in [2.75, 3.05) is 0 Å². The first-order valence-corrected chi connectivity index (χ1v) is 6.22. The zero-order valence-corrected chi connectivity index (χ0v) is 11.3. The van der Waals surface area contributed by atoms with Gasteiger partial charge in [0.15, 0.2) is 0 Å².